The SMILES string of the molecule is CC(C)(C)OC(=O)Nc1cc2nc(Cl)nc(N3CCOCC3)c2s1.CC1(C)OB(c2cccc3[nH]ncc23)OC1(C)C.Nc1cc2nc(-c3cccc4[nH]ncc34)nc(N3CCOCC3)c2s1.O=Cc1cc2nc(Cl)nc(N3CCOCC3)c2s1. The van der Waals surface area contributed by atoms with Gasteiger partial charge >= 0.3 is 13.2 Å². The molecule has 4 fully saturated rings. The zero-order valence-corrected chi connectivity index (χ0v) is 51.7. The lowest BCUT2D eigenvalue weighted by Crippen LogP contribution is -2.41. The van der Waals surface area contributed by atoms with E-state index in [1.54, 1.807) is 12.1 Å². The first-order valence-electron chi connectivity index (χ1n) is 27.4. The molecule has 1 amide bonds. The molecule has 0 unspecified atom stereocenters. The molecule has 85 heavy (non-hydrogen) atoms. The molecule has 444 valence electrons. The number of H-pyrrole nitrogens is 2. The molecule has 10 aromatic rings. The summed E-state index contributed by atoms with van der Waals surface area (Å²) in [4.78, 5) is 56.6. The molecule has 5 N–H and O–H groups in total. The van der Waals surface area contributed by atoms with Crippen LogP contribution < -0.4 is 31.2 Å². The summed E-state index contributed by atoms with van der Waals surface area (Å²) in [7, 11) is -0.337. The zero-order valence-electron chi connectivity index (χ0n) is 47.7. The summed E-state index contributed by atoms with van der Waals surface area (Å²) in [5, 5.41) is 20.8. The first kappa shape index (κ1) is 59.8. The van der Waals surface area contributed by atoms with Crippen LogP contribution in [0.15, 0.2) is 67.0 Å². The molecule has 14 rings (SSSR count). The number of carbonyl (C=O) groups is 2. The number of aromatic nitrogens is 10. The standard InChI is InChI=1S/C17H16N6OS.C15H19ClN4O3S.C13H17BN2O2.C11H10ClN3O2S/c18-14-8-13-15(25-14)17(23-4-6-24-7-5-23)21-16(20-13)10-2-1-3-12-11(10)9-19-22-12;1-15(2,3)23-14(21)18-10-8-9-11(24-10)12(19-13(16)17-9)20-4-6-22-7-5-20;1-12(2)13(3,4)18-14(17-12)10-6-5-7-11-9(10)8-15-16-11;12-11-13-8-5-7(6-16)18-9(8)10(14-11)15-1-3-17-4-2-15/h1-3,8-9H,4-7,18H2,(H,19,22);8H,4-7H2,1-3H3,(H,18,21);5-8H,1-4H3,(H,15,16);5-6H,1-4H2. The molecule has 0 saturated carbocycles. The molecule has 8 aromatic heterocycles. The van der Waals surface area contributed by atoms with Gasteiger partial charge in [-0.15, -0.1) is 34.0 Å². The Morgan fingerprint density at radius 3 is 1.73 bits per heavy atom. The van der Waals surface area contributed by atoms with Gasteiger partial charge in [-0.1, -0.05) is 24.3 Å². The highest BCUT2D eigenvalue weighted by atomic mass is 35.5. The number of halogens is 2. The van der Waals surface area contributed by atoms with Crippen molar-refractivity contribution in [3.05, 3.63) is 82.4 Å². The third-order valence-corrected chi connectivity index (χ3v) is 17.8. The predicted molar refractivity (Wildman–Crippen MR) is 338 cm³/mol. The second kappa shape index (κ2) is 25.2. The fraction of sp³-hybridized carbons (Fsp3) is 0.393. The van der Waals surface area contributed by atoms with Gasteiger partial charge in [0.05, 0.1) is 115 Å². The molecule has 2 aromatic carbocycles. The lowest BCUT2D eigenvalue weighted by Gasteiger charge is -2.32. The second-order valence-corrected chi connectivity index (χ2v) is 25.9. The number of carbonyl (C=O) groups excluding carboxylic acids is 2. The number of nitrogen functional groups attached to an aromatic ring is 1. The number of nitrogens with zero attached hydrogens (tertiary/aromatic N) is 11. The van der Waals surface area contributed by atoms with E-state index in [0.717, 1.165) is 126 Å². The van der Waals surface area contributed by atoms with Crippen molar-refractivity contribution in [2.24, 2.45) is 0 Å². The van der Waals surface area contributed by atoms with E-state index in [2.05, 4.69) is 88.0 Å². The third-order valence-electron chi connectivity index (χ3n) is 14.5. The van der Waals surface area contributed by atoms with Gasteiger partial charge in [0.2, 0.25) is 10.6 Å². The number of hydrogen-bond donors (Lipinski definition) is 4. The van der Waals surface area contributed by atoms with Gasteiger partial charge in [-0.3, -0.25) is 20.3 Å². The minimum atomic E-state index is -0.553. The van der Waals surface area contributed by atoms with Crippen LogP contribution in [0.5, 0.6) is 0 Å². The number of hydrogen-bond acceptors (Lipinski definition) is 23. The van der Waals surface area contributed by atoms with Gasteiger partial charge in [-0.05, 0) is 107 Å². The number of aromatic amines is 2. The summed E-state index contributed by atoms with van der Waals surface area (Å²) in [5.41, 5.74) is 11.1. The fourth-order valence-corrected chi connectivity index (χ4v) is 12.8. The maximum absolute atomic E-state index is 11.9. The zero-order chi connectivity index (χ0) is 59.6. The number of rotatable bonds is 7. The predicted octanol–water partition coefficient (Wildman–Crippen LogP) is 10.0. The monoisotopic (exact) mass is 1250 g/mol. The second-order valence-electron chi connectivity index (χ2n) is 22.0. The number of anilines is 5. The van der Waals surface area contributed by atoms with Crippen LogP contribution in [0, 0.1) is 0 Å². The minimum Gasteiger partial charge on any atom is -0.444 e. The average Bonchev–Trinajstić information content (AvgIpc) is 2.84. The number of nitrogens with one attached hydrogen (secondary N) is 3. The molecular formula is C56H62BCl2N15O8S3. The fourth-order valence-electron chi connectivity index (χ4n) is 9.67. The van der Waals surface area contributed by atoms with Crippen molar-refractivity contribution < 1.29 is 37.8 Å². The maximum atomic E-state index is 11.9. The van der Waals surface area contributed by atoms with Crippen LogP contribution in [0.1, 0.15) is 58.1 Å². The quantitative estimate of drug-likeness (QED) is 0.0656. The van der Waals surface area contributed by atoms with Gasteiger partial charge in [-0.2, -0.15) is 20.2 Å². The van der Waals surface area contributed by atoms with Crippen molar-refractivity contribution in [2.45, 2.75) is 65.3 Å². The normalized spacial score (nSPS) is 16.9. The van der Waals surface area contributed by atoms with Crippen molar-refractivity contribution in [3.63, 3.8) is 0 Å². The molecule has 0 aliphatic carbocycles. The molecule has 29 heteroatoms. The van der Waals surface area contributed by atoms with Crippen LogP contribution in [-0.2, 0) is 28.3 Å². The third kappa shape index (κ3) is 13.6. The molecular weight excluding hydrogens is 1190 g/mol. The van der Waals surface area contributed by atoms with Gasteiger partial charge in [0.1, 0.15) is 10.6 Å². The first-order chi connectivity index (χ1) is 40.8. The summed E-state index contributed by atoms with van der Waals surface area (Å²) < 4.78 is 36.4. The van der Waals surface area contributed by atoms with Crippen LogP contribution in [0.25, 0.3) is 63.8 Å². The number of amides is 1. The summed E-state index contributed by atoms with van der Waals surface area (Å²) in [6.45, 7) is 22.4. The van der Waals surface area contributed by atoms with E-state index in [1.165, 1.54) is 34.0 Å². The maximum Gasteiger partial charge on any atom is 0.495 e. The highest BCUT2D eigenvalue weighted by Crippen LogP contribution is 2.40. The summed E-state index contributed by atoms with van der Waals surface area (Å²) in [5.74, 6) is 3.20. The van der Waals surface area contributed by atoms with E-state index in [4.69, 9.17) is 67.2 Å². The van der Waals surface area contributed by atoms with Gasteiger partial charge in [0, 0.05) is 55.6 Å². The Labute approximate surface area is 511 Å². The molecule has 0 atom stereocenters. The molecule has 4 aliphatic heterocycles. The van der Waals surface area contributed by atoms with Gasteiger partial charge < -0.3 is 48.7 Å². The van der Waals surface area contributed by atoms with Crippen molar-refractivity contribution in [1.82, 2.24) is 50.3 Å². The molecule has 23 nitrogen and oxygen atoms in total. The van der Waals surface area contributed by atoms with E-state index < -0.39 is 11.7 Å². The Hall–Kier alpha value is -6.92. The van der Waals surface area contributed by atoms with Crippen LogP contribution in [0.2, 0.25) is 10.6 Å². The van der Waals surface area contributed by atoms with Crippen molar-refractivity contribution in [3.8, 4) is 11.4 Å². The van der Waals surface area contributed by atoms with E-state index in [1.807, 2.05) is 75.6 Å². The largest absolute Gasteiger partial charge is 0.495 e. The molecule has 0 bridgehead atoms. The molecule has 4 saturated heterocycles. The van der Waals surface area contributed by atoms with Crippen molar-refractivity contribution in [2.75, 3.05) is 105 Å². The first-order valence-corrected chi connectivity index (χ1v) is 30.6. The van der Waals surface area contributed by atoms with E-state index in [-0.39, 0.29) is 28.9 Å². The summed E-state index contributed by atoms with van der Waals surface area (Å²) >= 11 is 16.3. The summed E-state index contributed by atoms with van der Waals surface area (Å²) in [6.07, 6.45) is 3.95. The van der Waals surface area contributed by atoms with E-state index in [9.17, 15) is 9.59 Å². The summed E-state index contributed by atoms with van der Waals surface area (Å²) in [6, 6.07) is 17.5. The minimum absolute atomic E-state index is 0.186. The number of aldehydes is 1. The highest BCUT2D eigenvalue weighted by molar-refractivity contribution is 7.23. The number of fused-ring (bicyclic) bond motifs is 5. The number of thiophene rings is 3. The Morgan fingerprint density at radius 2 is 1.16 bits per heavy atom. The smallest absolute Gasteiger partial charge is 0.444 e. The molecule has 0 spiro atoms. The number of morpholine rings is 3. The van der Waals surface area contributed by atoms with Crippen LogP contribution in [0.3, 0.4) is 0 Å². The Morgan fingerprint density at radius 1 is 0.671 bits per heavy atom. The van der Waals surface area contributed by atoms with Crippen LogP contribution >= 0.6 is 57.2 Å². The Kier molecular flexibility index (Phi) is 17.7. The average molecular weight is 1250 g/mol. The number of nitrogens with two attached hydrogens (primary N) is 1. The van der Waals surface area contributed by atoms with E-state index in [0.29, 0.717) is 60.9 Å². The topological polar surface area (TPSA) is 272 Å². The van der Waals surface area contributed by atoms with Crippen LogP contribution in [-0.4, -0.2) is 166 Å². The van der Waals surface area contributed by atoms with E-state index >= 15 is 0 Å². The Balaban J connectivity index is 0.000000119. The number of ether oxygens (including phenoxy) is 4. The lowest BCUT2D eigenvalue weighted by molar-refractivity contribution is 0.00578. The number of benzene rings is 2. The van der Waals surface area contributed by atoms with Crippen molar-refractivity contribution >= 4 is 162 Å². The van der Waals surface area contributed by atoms with Gasteiger partial charge in [0.15, 0.2) is 29.6 Å². The lowest BCUT2D eigenvalue weighted by atomic mass is 9.77. The molecule has 0 radical (unpaired) electrons. The van der Waals surface area contributed by atoms with Gasteiger partial charge in [-0.25, -0.2) is 24.7 Å². The molecule has 4 aliphatic rings. The van der Waals surface area contributed by atoms with Crippen molar-refractivity contribution in [1.29, 1.82) is 0 Å². The Bertz CT molecular complexity index is 4000. The molecule has 12 heterocycles. The van der Waals surface area contributed by atoms with Gasteiger partial charge in [0.25, 0.3) is 0 Å². The van der Waals surface area contributed by atoms with Crippen LogP contribution in [0.4, 0.5) is 32.3 Å². The highest BCUT2D eigenvalue weighted by Gasteiger charge is 2.52.